The molecule has 1 aromatic heterocycles. The summed E-state index contributed by atoms with van der Waals surface area (Å²) in [6.45, 7) is 5.06. The number of carbonyl (C=O) groups excluding carboxylic acids is 1. The third-order valence-corrected chi connectivity index (χ3v) is 8.36. The molecule has 0 aliphatic carbocycles. The van der Waals surface area contributed by atoms with E-state index in [9.17, 15) is 13.2 Å². The number of rotatable bonds is 13. The average Bonchev–Trinajstić information content (AvgIpc) is 3.36. The Morgan fingerprint density at radius 3 is 2.25 bits per heavy atom. The molecule has 0 radical (unpaired) electrons. The van der Waals surface area contributed by atoms with E-state index in [-0.39, 0.29) is 10.8 Å². The lowest BCUT2D eigenvalue weighted by Crippen LogP contribution is -2.33. The molecule has 10 heteroatoms. The molecule has 3 rings (SSSR count). The van der Waals surface area contributed by atoms with Gasteiger partial charge in [-0.2, -0.15) is 4.31 Å². The zero-order chi connectivity index (χ0) is 26.1. The molecule has 1 N–H and O–H groups in total. The van der Waals surface area contributed by atoms with Gasteiger partial charge < -0.3 is 9.47 Å². The summed E-state index contributed by atoms with van der Waals surface area (Å²) in [5.74, 6) is 0.917. The first-order valence-corrected chi connectivity index (χ1v) is 14.3. The van der Waals surface area contributed by atoms with Gasteiger partial charge in [0, 0.05) is 35.7 Å². The highest BCUT2D eigenvalue weighted by molar-refractivity contribution is 7.89. The number of sulfonamides is 1. The number of nitrogens with one attached hydrogen (secondary N) is 1. The maximum Gasteiger partial charge on any atom is 0.257 e. The van der Waals surface area contributed by atoms with Crippen LogP contribution in [0, 0.1) is 0 Å². The van der Waals surface area contributed by atoms with Gasteiger partial charge in [-0.1, -0.05) is 26.7 Å². The molecule has 0 aliphatic rings. The second kappa shape index (κ2) is 12.8. The first-order valence-electron chi connectivity index (χ1n) is 11.9. The van der Waals surface area contributed by atoms with Crippen LogP contribution in [0.1, 0.15) is 49.9 Å². The molecule has 0 atom stereocenters. The highest BCUT2D eigenvalue weighted by Gasteiger charge is 2.24. The fraction of sp³-hybridized carbons (Fsp3) is 0.385. The zero-order valence-corrected chi connectivity index (χ0v) is 22.7. The van der Waals surface area contributed by atoms with Gasteiger partial charge in [0.05, 0.1) is 24.8 Å². The second-order valence-corrected chi connectivity index (χ2v) is 11.0. The molecule has 8 nitrogen and oxygen atoms in total. The molecular formula is C26H33N3O5S2. The van der Waals surface area contributed by atoms with Crippen LogP contribution in [0.25, 0.3) is 11.3 Å². The van der Waals surface area contributed by atoms with Crippen LogP contribution >= 0.6 is 11.3 Å². The Kier molecular flexibility index (Phi) is 9.86. The summed E-state index contributed by atoms with van der Waals surface area (Å²) in [4.78, 5) is 17.5. The normalized spacial score (nSPS) is 11.5. The number of carbonyl (C=O) groups is 1. The van der Waals surface area contributed by atoms with Crippen molar-refractivity contribution in [2.75, 3.05) is 32.6 Å². The van der Waals surface area contributed by atoms with E-state index in [1.165, 1.54) is 35.6 Å². The number of hydrogen-bond donors (Lipinski definition) is 1. The maximum absolute atomic E-state index is 13.1. The van der Waals surface area contributed by atoms with Gasteiger partial charge in [0.1, 0.15) is 11.5 Å². The molecule has 2 aromatic carbocycles. The van der Waals surface area contributed by atoms with Crippen LogP contribution in [0.15, 0.2) is 52.7 Å². The molecule has 3 aromatic rings. The summed E-state index contributed by atoms with van der Waals surface area (Å²) in [5.41, 5.74) is 1.79. The first kappa shape index (κ1) is 27.6. The van der Waals surface area contributed by atoms with Crippen molar-refractivity contribution in [3.05, 3.63) is 53.4 Å². The Labute approximate surface area is 217 Å². The van der Waals surface area contributed by atoms with E-state index in [1.54, 1.807) is 24.6 Å². The van der Waals surface area contributed by atoms with Gasteiger partial charge in [-0.15, -0.1) is 11.3 Å². The van der Waals surface area contributed by atoms with Gasteiger partial charge >= 0.3 is 0 Å². The Bertz CT molecular complexity index is 1250. The van der Waals surface area contributed by atoms with Crippen LogP contribution < -0.4 is 14.8 Å². The van der Waals surface area contributed by atoms with Gasteiger partial charge in [0.25, 0.3) is 5.91 Å². The number of nitrogens with zero attached hydrogens (tertiary/aromatic N) is 2. The summed E-state index contributed by atoms with van der Waals surface area (Å²) < 4.78 is 38.5. The predicted molar refractivity (Wildman–Crippen MR) is 144 cm³/mol. The second-order valence-electron chi connectivity index (χ2n) is 8.19. The Morgan fingerprint density at radius 2 is 1.67 bits per heavy atom. The lowest BCUT2D eigenvalue weighted by Gasteiger charge is -2.22. The Balaban J connectivity index is 1.73. The molecule has 0 unspecified atom stereocenters. The summed E-state index contributed by atoms with van der Waals surface area (Å²) in [6.07, 6.45) is 3.45. The van der Waals surface area contributed by atoms with Crippen molar-refractivity contribution in [1.82, 2.24) is 9.29 Å². The van der Waals surface area contributed by atoms with Crippen LogP contribution in [-0.4, -0.2) is 50.9 Å². The third kappa shape index (κ3) is 6.63. The highest BCUT2D eigenvalue weighted by Crippen LogP contribution is 2.35. The van der Waals surface area contributed by atoms with E-state index in [0.717, 1.165) is 31.2 Å². The minimum Gasteiger partial charge on any atom is -0.497 e. The van der Waals surface area contributed by atoms with Gasteiger partial charge in [0.2, 0.25) is 10.0 Å². The van der Waals surface area contributed by atoms with Crippen molar-refractivity contribution >= 4 is 32.4 Å². The van der Waals surface area contributed by atoms with Crippen molar-refractivity contribution in [3.8, 4) is 22.8 Å². The van der Waals surface area contributed by atoms with Crippen molar-refractivity contribution in [3.63, 3.8) is 0 Å². The van der Waals surface area contributed by atoms with Crippen molar-refractivity contribution in [1.29, 1.82) is 0 Å². The van der Waals surface area contributed by atoms with Crippen LogP contribution in [0.2, 0.25) is 0 Å². The molecule has 1 heterocycles. The number of hydrogen-bond acceptors (Lipinski definition) is 7. The predicted octanol–water partition coefficient (Wildman–Crippen LogP) is 5.67. The number of aromatic nitrogens is 1. The SMILES string of the molecule is CCCCN(CCCC)S(=O)(=O)c1ccc(C(=O)Nc2nc(-c3ccc(OC)cc3OC)cs2)cc1. The molecule has 0 saturated heterocycles. The fourth-order valence-corrected chi connectivity index (χ4v) is 5.81. The van der Waals surface area contributed by atoms with E-state index in [1.807, 2.05) is 31.4 Å². The molecule has 0 saturated carbocycles. The molecule has 1 amide bonds. The molecule has 194 valence electrons. The van der Waals surface area contributed by atoms with E-state index < -0.39 is 10.0 Å². The van der Waals surface area contributed by atoms with E-state index in [4.69, 9.17) is 9.47 Å². The third-order valence-electron chi connectivity index (χ3n) is 5.69. The number of amides is 1. The summed E-state index contributed by atoms with van der Waals surface area (Å²) >= 11 is 1.29. The minimum atomic E-state index is -3.62. The van der Waals surface area contributed by atoms with Crippen LogP contribution in [0.5, 0.6) is 11.5 Å². The molecule has 36 heavy (non-hydrogen) atoms. The Hall–Kier alpha value is -2.95. The van der Waals surface area contributed by atoms with E-state index >= 15 is 0 Å². The topological polar surface area (TPSA) is 97.8 Å². The molecule has 0 bridgehead atoms. The summed E-state index contributed by atoms with van der Waals surface area (Å²) in [6, 6.07) is 11.5. The molecule has 0 spiro atoms. The molecule has 0 aliphatic heterocycles. The largest absolute Gasteiger partial charge is 0.497 e. The lowest BCUT2D eigenvalue weighted by atomic mass is 10.1. The minimum absolute atomic E-state index is 0.189. The number of thiazole rings is 1. The van der Waals surface area contributed by atoms with Crippen molar-refractivity contribution in [2.45, 2.75) is 44.4 Å². The maximum atomic E-state index is 13.1. The zero-order valence-electron chi connectivity index (χ0n) is 21.1. The molecule has 0 fully saturated rings. The number of ether oxygens (including phenoxy) is 2. The first-order chi connectivity index (χ1) is 17.3. The van der Waals surface area contributed by atoms with Gasteiger partial charge in [-0.25, -0.2) is 13.4 Å². The van der Waals surface area contributed by atoms with Crippen molar-refractivity contribution in [2.24, 2.45) is 0 Å². The molecular weight excluding hydrogens is 498 g/mol. The summed E-state index contributed by atoms with van der Waals surface area (Å²) in [5, 5.41) is 5.04. The number of benzene rings is 2. The van der Waals surface area contributed by atoms with E-state index in [0.29, 0.717) is 41.0 Å². The number of methoxy groups -OCH3 is 2. The summed E-state index contributed by atoms with van der Waals surface area (Å²) in [7, 11) is -0.457. The van der Waals surface area contributed by atoms with Crippen LogP contribution in [0.3, 0.4) is 0 Å². The number of unbranched alkanes of at least 4 members (excludes halogenated alkanes) is 2. The average molecular weight is 532 g/mol. The lowest BCUT2D eigenvalue weighted by molar-refractivity contribution is 0.102. The Morgan fingerprint density at radius 1 is 1.00 bits per heavy atom. The smallest absolute Gasteiger partial charge is 0.257 e. The van der Waals surface area contributed by atoms with Crippen LogP contribution in [0.4, 0.5) is 5.13 Å². The quantitative estimate of drug-likeness (QED) is 0.305. The van der Waals surface area contributed by atoms with E-state index in [2.05, 4.69) is 10.3 Å². The van der Waals surface area contributed by atoms with Crippen molar-refractivity contribution < 1.29 is 22.7 Å². The monoisotopic (exact) mass is 531 g/mol. The van der Waals surface area contributed by atoms with Crippen LogP contribution in [-0.2, 0) is 10.0 Å². The fourth-order valence-electron chi connectivity index (χ4n) is 3.58. The standard InChI is InChI=1S/C26H33N3O5S2/c1-5-7-15-29(16-8-6-2)36(31,32)21-12-9-19(10-13-21)25(30)28-26-27-23(18-35-26)22-14-11-20(33-3)17-24(22)34-4/h9-14,17-18H,5-8,15-16H2,1-4H3,(H,27,28,30). The highest BCUT2D eigenvalue weighted by atomic mass is 32.2. The van der Waals surface area contributed by atoms with Gasteiger partial charge in [-0.3, -0.25) is 10.1 Å². The van der Waals surface area contributed by atoms with Gasteiger partial charge in [-0.05, 0) is 49.2 Å². The van der Waals surface area contributed by atoms with Gasteiger partial charge in [0.15, 0.2) is 5.13 Å². The number of anilines is 1.